The van der Waals surface area contributed by atoms with Crippen molar-refractivity contribution in [3.8, 4) is 11.1 Å². The Labute approximate surface area is 117 Å². The fraction of sp³-hybridized carbons (Fsp3) is 0.125. The van der Waals surface area contributed by atoms with E-state index in [1.807, 2.05) is 16.7 Å². The number of imidazole rings is 1. The summed E-state index contributed by atoms with van der Waals surface area (Å²) in [4.78, 5) is 14.8. The Morgan fingerprint density at radius 1 is 1.15 bits per heavy atom. The number of fused-ring (bicyclic) bond motifs is 1. The van der Waals surface area contributed by atoms with Crippen LogP contribution in [-0.2, 0) is 4.79 Å². The normalized spacial score (nSPS) is 10.7. The lowest BCUT2D eigenvalue weighted by molar-refractivity contribution is -0.105. The molecule has 4 nitrogen and oxygen atoms in total. The lowest BCUT2D eigenvalue weighted by Gasteiger charge is -2.07. The first-order valence-electron chi connectivity index (χ1n) is 6.44. The molecule has 0 bridgehead atoms. The first kappa shape index (κ1) is 12.4. The second-order valence-corrected chi connectivity index (χ2v) is 4.89. The maximum absolute atomic E-state index is 10.5. The number of carbonyl (C=O) groups excluding carboxylic acids is 1. The van der Waals surface area contributed by atoms with E-state index in [2.05, 4.69) is 48.4 Å². The highest BCUT2D eigenvalue weighted by Gasteiger charge is 2.05. The molecule has 0 radical (unpaired) electrons. The molecule has 0 saturated carbocycles. The van der Waals surface area contributed by atoms with E-state index < -0.39 is 0 Å². The maximum atomic E-state index is 10.5. The van der Waals surface area contributed by atoms with Crippen molar-refractivity contribution in [2.75, 3.05) is 5.32 Å². The highest BCUT2D eigenvalue weighted by atomic mass is 16.1. The molecule has 1 N–H and O–H groups in total. The Morgan fingerprint density at radius 2 is 2.00 bits per heavy atom. The second-order valence-electron chi connectivity index (χ2n) is 4.89. The molecule has 0 unspecified atom stereocenters. The van der Waals surface area contributed by atoms with Gasteiger partial charge in [0.15, 0.2) is 5.82 Å². The van der Waals surface area contributed by atoms with Crippen molar-refractivity contribution in [3.05, 3.63) is 53.9 Å². The molecule has 1 amide bonds. The number of amides is 1. The van der Waals surface area contributed by atoms with Gasteiger partial charge in [-0.15, -0.1) is 0 Å². The molecular formula is C16H15N3O. The molecule has 0 spiro atoms. The van der Waals surface area contributed by atoms with Crippen LogP contribution in [0.1, 0.15) is 11.1 Å². The van der Waals surface area contributed by atoms with Crippen molar-refractivity contribution >= 4 is 17.9 Å². The zero-order valence-corrected chi connectivity index (χ0v) is 11.4. The fourth-order valence-electron chi connectivity index (χ4n) is 2.33. The number of anilines is 1. The Morgan fingerprint density at radius 3 is 2.80 bits per heavy atom. The summed E-state index contributed by atoms with van der Waals surface area (Å²) >= 11 is 0. The van der Waals surface area contributed by atoms with Crippen LogP contribution in [0.3, 0.4) is 0 Å². The number of pyridine rings is 1. The molecule has 0 fully saturated rings. The van der Waals surface area contributed by atoms with Crippen LogP contribution >= 0.6 is 0 Å². The lowest BCUT2D eigenvalue weighted by Crippen LogP contribution is -1.92. The summed E-state index contributed by atoms with van der Waals surface area (Å²) in [5, 5.41) is 2.56. The van der Waals surface area contributed by atoms with Crippen LogP contribution < -0.4 is 5.32 Å². The van der Waals surface area contributed by atoms with Gasteiger partial charge in [0.2, 0.25) is 6.41 Å². The van der Waals surface area contributed by atoms with Gasteiger partial charge in [-0.1, -0.05) is 23.8 Å². The number of benzene rings is 1. The van der Waals surface area contributed by atoms with Gasteiger partial charge in [0.1, 0.15) is 5.65 Å². The SMILES string of the molecule is Cc1ccc(C)c(-c2ccc3nc(NC=O)cn3c2)c1. The Kier molecular flexibility index (Phi) is 2.99. The smallest absolute Gasteiger partial charge is 0.212 e. The van der Waals surface area contributed by atoms with Gasteiger partial charge in [0.05, 0.1) is 6.20 Å². The van der Waals surface area contributed by atoms with E-state index >= 15 is 0 Å². The zero-order chi connectivity index (χ0) is 14.1. The van der Waals surface area contributed by atoms with Gasteiger partial charge in [0.25, 0.3) is 0 Å². The van der Waals surface area contributed by atoms with Crippen LogP contribution in [0.5, 0.6) is 0 Å². The Balaban J connectivity index is 2.12. The summed E-state index contributed by atoms with van der Waals surface area (Å²) in [6.45, 7) is 4.19. The van der Waals surface area contributed by atoms with Crippen molar-refractivity contribution < 1.29 is 4.79 Å². The fourth-order valence-corrected chi connectivity index (χ4v) is 2.33. The topological polar surface area (TPSA) is 46.4 Å². The van der Waals surface area contributed by atoms with Gasteiger partial charge in [-0.05, 0) is 42.7 Å². The number of carbonyl (C=O) groups is 1. The van der Waals surface area contributed by atoms with Crippen LogP contribution in [0, 0.1) is 13.8 Å². The third-order valence-electron chi connectivity index (χ3n) is 3.36. The number of hydrogen-bond acceptors (Lipinski definition) is 2. The van der Waals surface area contributed by atoms with Crippen LogP contribution in [0.15, 0.2) is 42.7 Å². The third kappa shape index (κ3) is 2.16. The van der Waals surface area contributed by atoms with Crippen molar-refractivity contribution in [2.24, 2.45) is 0 Å². The molecule has 0 atom stereocenters. The zero-order valence-electron chi connectivity index (χ0n) is 11.4. The maximum Gasteiger partial charge on any atom is 0.212 e. The summed E-state index contributed by atoms with van der Waals surface area (Å²) in [7, 11) is 0. The molecule has 0 aliphatic rings. The molecular weight excluding hydrogens is 250 g/mol. The van der Waals surface area contributed by atoms with E-state index in [0.717, 1.165) is 11.2 Å². The molecule has 4 heteroatoms. The Hall–Kier alpha value is -2.62. The first-order valence-corrected chi connectivity index (χ1v) is 6.44. The summed E-state index contributed by atoms with van der Waals surface area (Å²) in [6.07, 6.45) is 4.46. The summed E-state index contributed by atoms with van der Waals surface area (Å²) in [5.41, 5.74) is 5.63. The minimum Gasteiger partial charge on any atom is -0.312 e. The predicted octanol–water partition coefficient (Wildman–Crippen LogP) is 3.19. The summed E-state index contributed by atoms with van der Waals surface area (Å²) < 4.78 is 1.92. The van der Waals surface area contributed by atoms with Gasteiger partial charge in [-0.25, -0.2) is 4.98 Å². The average Bonchev–Trinajstić information content (AvgIpc) is 2.83. The minimum absolute atomic E-state index is 0.554. The number of aromatic nitrogens is 2. The molecule has 3 rings (SSSR count). The van der Waals surface area contributed by atoms with E-state index in [0.29, 0.717) is 12.2 Å². The van der Waals surface area contributed by atoms with E-state index in [9.17, 15) is 4.79 Å². The second kappa shape index (κ2) is 4.81. The molecule has 100 valence electrons. The van der Waals surface area contributed by atoms with Crippen molar-refractivity contribution in [1.82, 2.24) is 9.38 Å². The third-order valence-corrected chi connectivity index (χ3v) is 3.36. The van der Waals surface area contributed by atoms with E-state index in [1.165, 1.54) is 16.7 Å². The molecule has 2 aromatic heterocycles. The number of hydrogen-bond donors (Lipinski definition) is 1. The quantitative estimate of drug-likeness (QED) is 0.739. The average molecular weight is 265 g/mol. The summed E-state index contributed by atoms with van der Waals surface area (Å²) in [5.74, 6) is 0.554. The van der Waals surface area contributed by atoms with E-state index in [-0.39, 0.29) is 0 Å². The number of nitrogens with one attached hydrogen (secondary N) is 1. The molecule has 0 saturated heterocycles. The van der Waals surface area contributed by atoms with Crippen molar-refractivity contribution in [2.45, 2.75) is 13.8 Å². The van der Waals surface area contributed by atoms with E-state index in [4.69, 9.17) is 0 Å². The number of rotatable bonds is 3. The minimum atomic E-state index is 0.554. The molecule has 0 aliphatic heterocycles. The molecule has 20 heavy (non-hydrogen) atoms. The number of aryl methyl sites for hydroxylation is 2. The van der Waals surface area contributed by atoms with Gasteiger partial charge >= 0.3 is 0 Å². The lowest BCUT2D eigenvalue weighted by atomic mass is 10.00. The highest BCUT2D eigenvalue weighted by Crippen LogP contribution is 2.25. The van der Waals surface area contributed by atoms with Crippen LogP contribution in [0.25, 0.3) is 16.8 Å². The monoisotopic (exact) mass is 265 g/mol. The standard InChI is InChI=1S/C16H15N3O/c1-11-3-4-12(2)14(7-11)13-5-6-16-18-15(17-10-20)9-19(16)8-13/h3-10H,1-2H3,(H,17,20). The number of nitrogens with zero attached hydrogens (tertiary/aromatic N) is 2. The van der Waals surface area contributed by atoms with Gasteiger partial charge in [-0.3, -0.25) is 4.79 Å². The molecule has 2 heterocycles. The van der Waals surface area contributed by atoms with Gasteiger partial charge in [0, 0.05) is 6.20 Å². The molecule has 3 aromatic rings. The van der Waals surface area contributed by atoms with Crippen LogP contribution in [0.2, 0.25) is 0 Å². The Bertz CT molecular complexity index is 790. The van der Waals surface area contributed by atoms with E-state index in [1.54, 1.807) is 6.20 Å². The van der Waals surface area contributed by atoms with Crippen molar-refractivity contribution in [1.29, 1.82) is 0 Å². The first-order chi connectivity index (χ1) is 9.67. The summed E-state index contributed by atoms with van der Waals surface area (Å²) in [6, 6.07) is 10.4. The molecule has 1 aromatic carbocycles. The highest BCUT2D eigenvalue weighted by molar-refractivity contribution is 5.72. The van der Waals surface area contributed by atoms with Crippen LogP contribution in [-0.4, -0.2) is 15.8 Å². The predicted molar refractivity (Wildman–Crippen MR) is 79.8 cm³/mol. The van der Waals surface area contributed by atoms with Crippen molar-refractivity contribution in [3.63, 3.8) is 0 Å². The van der Waals surface area contributed by atoms with Gasteiger partial charge < -0.3 is 9.72 Å². The van der Waals surface area contributed by atoms with Gasteiger partial charge in [-0.2, -0.15) is 0 Å². The largest absolute Gasteiger partial charge is 0.312 e. The van der Waals surface area contributed by atoms with Crippen LogP contribution in [0.4, 0.5) is 5.82 Å². The molecule has 0 aliphatic carbocycles.